The largest absolute Gasteiger partial charge is 0.479 e. The van der Waals surface area contributed by atoms with Gasteiger partial charge in [0.15, 0.2) is 0 Å². The molecular formula is C20H33NO4. The van der Waals surface area contributed by atoms with Gasteiger partial charge in [-0.25, -0.2) is 4.79 Å². The van der Waals surface area contributed by atoms with Gasteiger partial charge in [-0.3, -0.25) is 9.59 Å². The Labute approximate surface area is 151 Å². The molecule has 1 heterocycles. The highest BCUT2D eigenvalue weighted by molar-refractivity contribution is 6.38. The highest BCUT2D eigenvalue weighted by Gasteiger charge is 2.55. The number of carbonyl (C=O) groups excluding carboxylic acids is 2. The molecule has 0 radical (unpaired) electrons. The lowest BCUT2D eigenvalue weighted by Gasteiger charge is -2.50. The molecule has 1 atom stereocenters. The summed E-state index contributed by atoms with van der Waals surface area (Å²) in [6, 6.07) is 0. The van der Waals surface area contributed by atoms with Gasteiger partial charge in [0.2, 0.25) is 5.78 Å². The van der Waals surface area contributed by atoms with Crippen LogP contribution in [-0.2, 0) is 14.4 Å². The molecule has 0 unspecified atom stereocenters. The lowest BCUT2D eigenvalue weighted by atomic mass is 9.76. The molecule has 0 aromatic carbocycles. The molecule has 1 saturated heterocycles. The Kier molecular flexibility index (Phi) is 6.28. The third kappa shape index (κ3) is 4.06. The van der Waals surface area contributed by atoms with Crippen molar-refractivity contribution in [2.24, 2.45) is 11.3 Å². The van der Waals surface area contributed by atoms with E-state index in [9.17, 15) is 19.5 Å². The predicted molar refractivity (Wildman–Crippen MR) is 96.2 cm³/mol. The quantitative estimate of drug-likeness (QED) is 0.675. The second-order valence-electron chi connectivity index (χ2n) is 8.51. The fourth-order valence-electron chi connectivity index (χ4n) is 4.11. The summed E-state index contributed by atoms with van der Waals surface area (Å²) in [5.41, 5.74) is -1.90. The van der Waals surface area contributed by atoms with E-state index in [1.165, 1.54) is 37.0 Å². The van der Waals surface area contributed by atoms with Crippen LogP contribution in [0.5, 0.6) is 0 Å². The first-order valence-corrected chi connectivity index (χ1v) is 9.84. The van der Waals surface area contributed by atoms with Gasteiger partial charge in [0.05, 0.1) is 0 Å². The Morgan fingerprint density at radius 3 is 2.28 bits per heavy atom. The van der Waals surface area contributed by atoms with Crippen LogP contribution in [0.3, 0.4) is 0 Å². The molecule has 25 heavy (non-hydrogen) atoms. The molecule has 0 spiro atoms. The van der Waals surface area contributed by atoms with Crippen molar-refractivity contribution in [2.75, 3.05) is 6.54 Å². The average molecular weight is 351 g/mol. The molecule has 1 saturated carbocycles. The van der Waals surface area contributed by atoms with Crippen molar-refractivity contribution in [2.45, 2.75) is 90.5 Å². The van der Waals surface area contributed by atoms with E-state index in [-0.39, 0.29) is 0 Å². The van der Waals surface area contributed by atoms with E-state index >= 15 is 0 Å². The first-order valence-electron chi connectivity index (χ1n) is 9.84. The summed E-state index contributed by atoms with van der Waals surface area (Å²) in [7, 11) is 0. The number of carboxylic acid groups (broad SMARTS) is 1. The average Bonchev–Trinajstić information content (AvgIpc) is 2.57. The van der Waals surface area contributed by atoms with Gasteiger partial charge in [-0.15, -0.1) is 0 Å². The van der Waals surface area contributed by atoms with Crippen molar-refractivity contribution in [1.29, 1.82) is 0 Å². The minimum absolute atomic E-state index is 0.375. The van der Waals surface area contributed by atoms with Crippen molar-refractivity contribution < 1.29 is 19.5 Å². The first kappa shape index (κ1) is 19.9. The van der Waals surface area contributed by atoms with Crippen LogP contribution in [-0.4, -0.2) is 39.7 Å². The van der Waals surface area contributed by atoms with Gasteiger partial charge in [-0.1, -0.05) is 65.7 Å². The molecule has 1 amide bonds. The molecule has 0 aromatic rings. The summed E-state index contributed by atoms with van der Waals surface area (Å²) in [5, 5.41) is 9.78. The molecule has 1 aliphatic heterocycles. The van der Waals surface area contributed by atoms with E-state index in [0.29, 0.717) is 31.7 Å². The zero-order valence-corrected chi connectivity index (χ0v) is 16.0. The maximum atomic E-state index is 12.6. The summed E-state index contributed by atoms with van der Waals surface area (Å²) >= 11 is 0. The van der Waals surface area contributed by atoms with Crippen LogP contribution in [0.4, 0.5) is 0 Å². The van der Waals surface area contributed by atoms with Gasteiger partial charge in [0.25, 0.3) is 5.91 Å². The van der Waals surface area contributed by atoms with Crippen molar-refractivity contribution >= 4 is 17.7 Å². The number of nitrogens with zero attached hydrogens (tertiary/aromatic N) is 1. The second kappa shape index (κ2) is 7.88. The Balaban J connectivity index is 2.00. The standard InChI is InChI=1S/C20H33NO4/c1-4-19(2,3)16(22)17(23)21-14-13-20(21,18(24)25)12-8-11-15-9-6-5-7-10-15/h15H,4-14H2,1-3H3,(H,24,25)/t20-/m0/s1. The minimum atomic E-state index is -1.16. The topological polar surface area (TPSA) is 74.7 Å². The van der Waals surface area contributed by atoms with Crippen molar-refractivity contribution in [3.63, 3.8) is 0 Å². The first-order chi connectivity index (χ1) is 11.7. The Morgan fingerprint density at radius 2 is 1.80 bits per heavy atom. The molecule has 2 rings (SSSR count). The number of hydrogen-bond acceptors (Lipinski definition) is 3. The number of amides is 1. The number of hydrogen-bond donors (Lipinski definition) is 1. The molecule has 1 aliphatic carbocycles. The van der Waals surface area contributed by atoms with Crippen LogP contribution in [0.15, 0.2) is 0 Å². The number of rotatable bonds is 8. The van der Waals surface area contributed by atoms with Gasteiger partial charge >= 0.3 is 5.97 Å². The molecule has 0 bridgehead atoms. The van der Waals surface area contributed by atoms with E-state index in [2.05, 4.69) is 0 Å². The number of Topliss-reactive ketones (excluding diaryl/α,β-unsaturated/α-hetero) is 1. The van der Waals surface area contributed by atoms with Gasteiger partial charge in [0.1, 0.15) is 5.54 Å². The number of carboxylic acids is 1. The number of carbonyl (C=O) groups is 3. The Morgan fingerprint density at radius 1 is 1.16 bits per heavy atom. The number of aliphatic carboxylic acids is 1. The maximum absolute atomic E-state index is 12.6. The van der Waals surface area contributed by atoms with Crippen LogP contribution in [0.25, 0.3) is 0 Å². The van der Waals surface area contributed by atoms with E-state index < -0.39 is 28.6 Å². The van der Waals surface area contributed by atoms with Crippen molar-refractivity contribution in [1.82, 2.24) is 4.90 Å². The molecule has 5 heteroatoms. The zero-order valence-electron chi connectivity index (χ0n) is 16.0. The van der Waals surface area contributed by atoms with Crippen LogP contribution >= 0.6 is 0 Å². The third-order valence-electron chi connectivity index (χ3n) is 6.53. The molecule has 0 aromatic heterocycles. The summed E-state index contributed by atoms with van der Waals surface area (Å²) in [6.45, 7) is 5.74. The van der Waals surface area contributed by atoms with Crippen LogP contribution in [0, 0.1) is 11.3 Å². The highest BCUT2D eigenvalue weighted by Crippen LogP contribution is 2.39. The molecular weight excluding hydrogens is 318 g/mol. The van der Waals surface area contributed by atoms with Gasteiger partial charge in [0, 0.05) is 12.0 Å². The number of likely N-dealkylation sites (tertiary alicyclic amines) is 1. The third-order valence-corrected chi connectivity index (χ3v) is 6.53. The SMILES string of the molecule is CCC(C)(C)C(=O)C(=O)N1CC[C@@]1(CCCC1CCCCC1)C(=O)O. The van der Waals surface area contributed by atoms with Gasteiger partial charge in [-0.2, -0.15) is 0 Å². The summed E-state index contributed by atoms with van der Waals surface area (Å²) < 4.78 is 0. The second-order valence-corrected chi connectivity index (χ2v) is 8.51. The van der Waals surface area contributed by atoms with E-state index in [0.717, 1.165) is 12.8 Å². The van der Waals surface area contributed by atoms with Gasteiger partial charge in [-0.05, 0) is 25.2 Å². The fourth-order valence-corrected chi connectivity index (χ4v) is 4.11. The lowest BCUT2D eigenvalue weighted by molar-refractivity contribution is -0.175. The van der Waals surface area contributed by atoms with Crippen LogP contribution in [0.1, 0.15) is 85.0 Å². The maximum Gasteiger partial charge on any atom is 0.329 e. The number of ketones is 1. The Hall–Kier alpha value is -1.39. The normalized spacial score (nSPS) is 24.7. The smallest absolute Gasteiger partial charge is 0.329 e. The summed E-state index contributed by atoms with van der Waals surface area (Å²) in [4.78, 5) is 38.4. The molecule has 1 N–H and O–H groups in total. The Bertz CT molecular complexity index is 522. The molecule has 142 valence electrons. The van der Waals surface area contributed by atoms with Crippen LogP contribution in [0.2, 0.25) is 0 Å². The van der Waals surface area contributed by atoms with Crippen molar-refractivity contribution in [3.05, 3.63) is 0 Å². The fraction of sp³-hybridized carbons (Fsp3) is 0.850. The summed E-state index contributed by atoms with van der Waals surface area (Å²) in [5.74, 6) is -1.34. The predicted octanol–water partition coefficient (Wildman–Crippen LogP) is 3.80. The molecule has 5 nitrogen and oxygen atoms in total. The minimum Gasteiger partial charge on any atom is -0.479 e. The van der Waals surface area contributed by atoms with Crippen LogP contribution < -0.4 is 0 Å². The lowest BCUT2D eigenvalue weighted by Crippen LogP contribution is -2.68. The molecule has 2 aliphatic rings. The monoisotopic (exact) mass is 351 g/mol. The van der Waals surface area contributed by atoms with E-state index in [1.54, 1.807) is 13.8 Å². The van der Waals surface area contributed by atoms with E-state index in [4.69, 9.17) is 0 Å². The zero-order chi connectivity index (χ0) is 18.7. The van der Waals surface area contributed by atoms with Gasteiger partial charge < -0.3 is 10.0 Å². The molecule has 2 fully saturated rings. The van der Waals surface area contributed by atoms with Crippen molar-refractivity contribution in [3.8, 4) is 0 Å². The van der Waals surface area contributed by atoms with E-state index in [1.807, 2.05) is 6.92 Å². The highest BCUT2D eigenvalue weighted by atomic mass is 16.4. The summed E-state index contributed by atoms with van der Waals surface area (Å²) in [6.07, 6.45) is 9.68.